The van der Waals surface area contributed by atoms with Gasteiger partial charge < -0.3 is 9.72 Å². The number of H-pyrrole nitrogens is 1. The van der Waals surface area contributed by atoms with Gasteiger partial charge in [0.15, 0.2) is 5.78 Å². The molecule has 0 unspecified atom stereocenters. The molecule has 0 amide bonds. The van der Waals surface area contributed by atoms with Gasteiger partial charge in [-0.15, -0.1) is 0 Å². The Hall–Kier alpha value is -2.55. The lowest BCUT2D eigenvalue weighted by atomic mass is 10.0. The van der Waals surface area contributed by atoms with Crippen LogP contribution in [0, 0.1) is 0 Å². The number of para-hydroxylation sites is 1. The minimum Gasteiger partial charge on any atom is -0.491 e. The molecule has 0 spiro atoms. The normalized spacial score (nSPS) is 11.0. The van der Waals surface area contributed by atoms with E-state index in [1.165, 1.54) is 0 Å². The molecule has 0 bridgehead atoms. The fraction of sp³-hybridized carbons (Fsp3) is 0.167. The highest BCUT2D eigenvalue weighted by Gasteiger charge is 2.14. The molecule has 21 heavy (non-hydrogen) atoms. The van der Waals surface area contributed by atoms with E-state index in [1.54, 1.807) is 12.3 Å². The number of ether oxygens (including phenoxy) is 1. The van der Waals surface area contributed by atoms with Crippen LogP contribution < -0.4 is 4.74 Å². The quantitative estimate of drug-likeness (QED) is 0.728. The highest BCUT2D eigenvalue weighted by atomic mass is 16.5. The van der Waals surface area contributed by atoms with Gasteiger partial charge in [-0.3, -0.25) is 4.79 Å². The first-order valence-corrected chi connectivity index (χ1v) is 7.02. The molecule has 0 radical (unpaired) electrons. The molecule has 1 heterocycles. The van der Waals surface area contributed by atoms with Crippen molar-refractivity contribution in [2.75, 3.05) is 0 Å². The first-order valence-electron chi connectivity index (χ1n) is 7.02. The SMILES string of the molecule is CC(C)Oc1cccc(C(=O)c2c[nH]c3ccccc23)c1. The molecule has 0 aliphatic carbocycles. The highest BCUT2D eigenvalue weighted by molar-refractivity contribution is 6.16. The Bertz CT molecular complexity index is 787. The molecule has 0 saturated carbocycles. The van der Waals surface area contributed by atoms with Gasteiger partial charge in [0.05, 0.1) is 6.10 Å². The van der Waals surface area contributed by atoms with Crippen LogP contribution in [0.5, 0.6) is 5.75 Å². The van der Waals surface area contributed by atoms with Crippen molar-refractivity contribution in [2.24, 2.45) is 0 Å². The van der Waals surface area contributed by atoms with Crippen molar-refractivity contribution >= 4 is 16.7 Å². The van der Waals surface area contributed by atoms with Gasteiger partial charge >= 0.3 is 0 Å². The third-order valence-electron chi connectivity index (χ3n) is 3.30. The van der Waals surface area contributed by atoms with Gasteiger partial charge in [-0.2, -0.15) is 0 Å². The summed E-state index contributed by atoms with van der Waals surface area (Å²) in [6.07, 6.45) is 1.85. The van der Waals surface area contributed by atoms with E-state index in [4.69, 9.17) is 4.74 Å². The Balaban J connectivity index is 1.98. The second kappa shape index (κ2) is 5.44. The zero-order valence-corrected chi connectivity index (χ0v) is 12.1. The van der Waals surface area contributed by atoms with Crippen molar-refractivity contribution in [1.29, 1.82) is 0 Å². The van der Waals surface area contributed by atoms with Crippen LogP contribution in [0.3, 0.4) is 0 Å². The van der Waals surface area contributed by atoms with Crippen molar-refractivity contribution in [2.45, 2.75) is 20.0 Å². The molecular weight excluding hydrogens is 262 g/mol. The van der Waals surface area contributed by atoms with Gasteiger partial charge in [0, 0.05) is 28.2 Å². The summed E-state index contributed by atoms with van der Waals surface area (Å²) in [6.45, 7) is 3.93. The van der Waals surface area contributed by atoms with Gasteiger partial charge in [0.1, 0.15) is 5.75 Å². The van der Waals surface area contributed by atoms with Crippen LogP contribution in [0.2, 0.25) is 0 Å². The molecular formula is C18H17NO2. The number of hydrogen-bond donors (Lipinski definition) is 1. The number of fused-ring (bicyclic) bond motifs is 1. The van der Waals surface area contributed by atoms with Crippen LogP contribution in [0.4, 0.5) is 0 Å². The Morgan fingerprint density at radius 1 is 1.10 bits per heavy atom. The summed E-state index contributed by atoms with van der Waals surface area (Å²) in [6, 6.07) is 15.1. The maximum atomic E-state index is 12.7. The van der Waals surface area contributed by atoms with Crippen molar-refractivity contribution in [3.63, 3.8) is 0 Å². The predicted molar refractivity (Wildman–Crippen MR) is 83.9 cm³/mol. The number of rotatable bonds is 4. The molecule has 3 rings (SSSR count). The number of benzene rings is 2. The standard InChI is InChI=1S/C18H17NO2/c1-12(2)21-14-7-5-6-13(10-14)18(20)16-11-19-17-9-4-3-8-15(16)17/h3-12,19H,1-2H3. The van der Waals surface area contributed by atoms with E-state index in [1.807, 2.05) is 56.3 Å². The number of nitrogens with one attached hydrogen (secondary N) is 1. The number of aromatic amines is 1. The lowest BCUT2D eigenvalue weighted by Gasteiger charge is -2.10. The average Bonchev–Trinajstić information content (AvgIpc) is 2.90. The highest BCUT2D eigenvalue weighted by Crippen LogP contribution is 2.23. The van der Waals surface area contributed by atoms with E-state index in [9.17, 15) is 4.79 Å². The van der Waals surface area contributed by atoms with E-state index >= 15 is 0 Å². The summed E-state index contributed by atoms with van der Waals surface area (Å²) < 4.78 is 5.65. The smallest absolute Gasteiger partial charge is 0.195 e. The average molecular weight is 279 g/mol. The molecule has 106 valence electrons. The summed E-state index contributed by atoms with van der Waals surface area (Å²) in [5.74, 6) is 0.720. The van der Waals surface area contributed by atoms with Crippen molar-refractivity contribution in [3.05, 3.63) is 65.9 Å². The topological polar surface area (TPSA) is 42.1 Å². The Kier molecular flexibility index (Phi) is 3.48. The van der Waals surface area contributed by atoms with Crippen LogP contribution in [0.15, 0.2) is 54.7 Å². The predicted octanol–water partition coefficient (Wildman–Crippen LogP) is 4.19. The van der Waals surface area contributed by atoms with Crippen LogP contribution in [0.1, 0.15) is 29.8 Å². The second-order valence-electron chi connectivity index (χ2n) is 5.27. The number of ketones is 1. The van der Waals surface area contributed by atoms with Crippen molar-refractivity contribution < 1.29 is 9.53 Å². The van der Waals surface area contributed by atoms with Gasteiger partial charge in [-0.05, 0) is 32.0 Å². The largest absolute Gasteiger partial charge is 0.491 e. The van der Waals surface area contributed by atoms with Gasteiger partial charge in [0.25, 0.3) is 0 Å². The molecule has 2 aromatic carbocycles. The number of carbonyl (C=O) groups excluding carboxylic acids is 1. The van der Waals surface area contributed by atoms with Crippen LogP contribution in [0.25, 0.3) is 10.9 Å². The van der Waals surface area contributed by atoms with Gasteiger partial charge in [0.2, 0.25) is 0 Å². The Labute approximate surface area is 123 Å². The molecule has 3 heteroatoms. The van der Waals surface area contributed by atoms with Crippen LogP contribution in [-0.4, -0.2) is 16.9 Å². The third kappa shape index (κ3) is 2.68. The molecule has 0 fully saturated rings. The van der Waals surface area contributed by atoms with E-state index in [-0.39, 0.29) is 11.9 Å². The van der Waals surface area contributed by atoms with Gasteiger partial charge in [-0.1, -0.05) is 30.3 Å². The van der Waals surface area contributed by atoms with Crippen LogP contribution in [-0.2, 0) is 0 Å². The Morgan fingerprint density at radius 2 is 1.90 bits per heavy atom. The molecule has 0 aliphatic rings. The minimum absolute atomic E-state index is 0.00153. The molecule has 3 nitrogen and oxygen atoms in total. The summed E-state index contributed by atoms with van der Waals surface area (Å²) in [5, 5.41) is 0.942. The first-order chi connectivity index (χ1) is 10.1. The summed E-state index contributed by atoms with van der Waals surface area (Å²) in [7, 11) is 0. The summed E-state index contributed by atoms with van der Waals surface area (Å²) in [4.78, 5) is 15.8. The molecule has 1 N–H and O–H groups in total. The third-order valence-corrected chi connectivity index (χ3v) is 3.30. The fourth-order valence-corrected chi connectivity index (χ4v) is 2.40. The number of carbonyl (C=O) groups is 1. The zero-order chi connectivity index (χ0) is 14.8. The lowest BCUT2D eigenvalue weighted by molar-refractivity contribution is 0.103. The molecule has 0 saturated heterocycles. The van der Waals surface area contributed by atoms with Crippen molar-refractivity contribution in [3.8, 4) is 5.75 Å². The Morgan fingerprint density at radius 3 is 2.71 bits per heavy atom. The minimum atomic E-state index is 0.00153. The first kappa shape index (κ1) is 13.4. The second-order valence-corrected chi connectivity index (χ2v) is 5.27. The number of hydrogen-bond acceptors (Lipinski definition) is 2. The van der Waals surface area contributed by atoms with Crippen molar-refractivity contribution in [1.82, 2.24) is 4.98 Å². The molecule has 1 aromatic heterocycles. The maximum Gasteiger partial charge on any atom is 0.195 e. The van der Waals surface area contributed by atoms with E-state index in [0.29, 0.717) is 11.1 Å². The maximum absolute atomic E-state index is 12.7. The number of aromatic nitrogens is 1. The summed E-state index contributed by atoms with van der Waals surface area (Å²) >= 11 is 0. The van der Waals surface area contributed by atoms with E-state index in [2.05, 4.69) is 4.98 Å². The molecule has 0 atom stereocenters. The molecule has 3 aromatic rings. The van der Waals surface area contributed by atoms with Crippen LogP contribution >= 0.6 is 0 Å². The van der Waals surface area contributed by atoms with E-state index in [0.717, 1.165) is 16.7 Å². The monoisotopic (exact) mass is 279 g/mol. The summed E-state index contributed by atoms with van der Waals surface area (Å²) in [5.41, 5.74) is 2.29. The fourth-order valence-electron chi connectivity index (χ4n) is 2.40. The lowest BCUT2D eigenvalue weighted by Crippen LogP contribution is -2.07. The van der Waals surface area contributed by atoms with Gasteiger partial charge in [-0.25, -0.2) is 0 Å². The van der Waals surface area contributed by atoms with E-state index < -0.39 is 0 Å². The zero-order valence-electron chi connectivity index (χ0n) is 12.1. The molecule has 0 aliphatic heterocycles.